The fourth-order valence-corrected chi connectivity index (χ4v) is 3.96. The third-order valence-corrected chi connectivity index (χ3v) is 5.30. The first-order chi connectivity index (χ1) is 10.1. The maximum atomic E-state index is 12.4. The van der Waals surface area contributed by atoms with Gasteiger partial charge in [-0.2, -0.15) is 0 Å². The second-order valence-electron chi connectivity index (χ2n) is 6.73. The van der Waals surface area contributed by atoms with E-state index in [1.165, 1.54) is 25.9 Å². The van der Waals surface area contributed by atoms with E-state index in [-0.39, 0.29) is 12.5 Å². The molecule has 4 aliphatic heterocycles. The van der Waals surface area contributed by atoms with Crippen LogP contribution in [-0.4, -0.2) is 65.7 Å². The topological polar surface area (TPSA) is 72.9 Å². The summed E-state index contributed by atoms with van der Waals surface area (Å²) in [5.41, 5.74) is 0. The van der Waals surface area contributed by atoms with Gasteiger partial charge in [0.15, 0.2) is 0 Å². The molecule has 0 aliphatic carbocycles. The number of likely N-dealkylation sites (tertiary alicyclic amines) is 1. The molecule has 2 N–H and O–H groups in total. The number of carbonyl (C=O) groups is 2. The van der Waals surface area contributed by atoms with Crippen LogP contribution in [0.15, 0.2) is 0 Å². The smallest absolute Gasteiger partial charge is 0.317 e. The van der Waals surface area contributed by atoms with Crippen LogP contribution in [-0.2, 0) is 4.79 Å². The molecule has 4 heterocycles. The van der Waals surface area contributed by atoms with Gasteiger partial charge >= 0.3 is 12.0 Å². The summed E-state index contributed by atoms with van der Waals surface area (Å²) in [4.78, 5) is 27.3. The molecule has 4 fully saturated rings. The number of nitrogens with one attached hydrogen (secondary N) is 1. The van der Waals surface area contributed by atoms with Gasteiger partial charge in [0.2, 0.25) is 0 Å². The molecule has 0 aromatic rings. The number of rotatable bonds is 4. The number of nitrogens with zero attached hydrogens (tertiary/aromatic N) is 2. The minimum Gasteiger partial charge on any atom is -0.481 e. The van der Waals surface area contributed by atoms with Crippen molar-refractivity contribution >= 4 is 12.0 Å². The molecule has 4 rings (SSSR count). The molecule has 0 aromatic carbocycles. The van der Waals surface area contributed by atoms with Gasteiger partial charge in [-0.05, 0) is 50.6 Å². The number of amides is 2. The van der Waals surface area contributed by atoms with Gasteiger partial charge in [-0.3, -0.25) is 4.79 Å². The van der Waals surface area contributed by atoms with Crippen LogP contribution in [0.4, 0.5) is 4.79 Å². The van der Waals surface area contributed by atoms with Gasteiger partial charge in [-0.15, -0.1) is 0 Å². The summed E-state index contributed by atoms with van der Waals surface area (Å²) in [5, 5.41) is 11.9. The minimum atomic E-state index is -0.745. The Balaban J connectivity index is 1.45. The lowest BCUT2D eigenvalue weighted by atomic mass is 9.84. The molecule has 21 heavy (non-hydrogen) atoms. The van der Waals surface area contributed by atoms with E-state index in [0.29, 0.717) is 30.8 Å². The third-order valence-electron chi connectivity index (χ3n) is 5.30. The molecule has 4 saturated heterocycles. The lowest BCUT2D eigenvalue weighted by Crippen LogP contribution is -2.58. The van der Waals surface area contributed by atoms with Gasteiger partial charge < -0.3 is 20.2 Å². The van der Waals surface area contributed by atoms with Crippen molar-refractivity contribution in [2.24, 2.45) is 11.8 Å². The average Bonchev–Trinajstić information content (AvgIpc) is 2.95. The molecule has 0 spiro atoms. The zero-order valence-electron chi connectivity index (χ0n) is 12.5. The van der Waals surface area contributed by atoms with Gasteiger partial charge in [0, 0.05) is 32.1 Å². The highest BCUT2D eigenvalue weighted by Gasteiger charge is 2.36. The second kappa shape index (κ2) is 6.22. The van der Waals surface area contributed by atoms with E-state index in [2.05, 4.69) is 10.2 Å². The second-order valence-corrected chi connectivity index (χ2v) is 6.73. The SMILES string of the molecule is O=C(O)CCC1CCN(C(=O)NC2CN3CCC2CC3)C1. The first-order valence-electron chi connectivity index (χ1n) is 8.11. The van der Waals surface area contributed by atoms with E-state index in [0.717, 1.165) is 19.5 Å². The van der Waals surface area contributed by atoms with Crippen molar-refractivity contribution in [3.05, 3.63) is 0 Å². The van der Waals surface area contributed by atoms with Gasteiger partial charge in [-0.25, -0.2) is 4.79 Å². The van der Waals surface area contributed by atoms with Crippen LogP contribution in [0, 0.1) is 11.8 Å². The van der Waals surface area contributed by atoms with E-state index in [1.807, 2.05) is 4.90 Å². The molecule has 2 unspecified atom stereocenters. The average molecular weight is 295 g/mol. The largest absolute Gasteiger partial charge is 0.481 e. The number of fused-ring (bicyclic) bond motifs is 3. The molecule has 6 heteroatoms. The maximum Gasteiger partial charge on any atom is 0.317 e. The van der Waals surface area contributed by atoms with E-state index in [4.69, 9.17) is 5.11 Å². The fourth-order valence-electron chi connectivity index (χ4n) is 3.96. The van der Waals surface area contributed by atoms with E-state index in [1.54, 1.807) is 0 Å². The summed E-state index contributed by atoms with van der Waals surface area (Å²) >= 11 is 0. The van der Waals surface area contributed by atoms with Crippen LogP contribution in [0.3, 0.4) is 0 Å². The van der Waals surface area contributed by atoms with Gasteiger partial charge in [0.1, 0.15) is 0 Å². The lowest BCUT2D eigenvalue weighted by molar-refractivity contribution is -0.137. The van der Waals surface area contributed by atoms with Crippen molar-refractivity contribution in [1.82, 2.24) is 15.1 Å². The lowest BCUT2D eigenvalue weighted by Gasteiger charge is -2.45. The number of carbonyl (C=O) groups excluding carboxylic acids is 1. The normalized spacial score (nSPS) is 35.0. The van der Waals surface area contributed by atoms with Crippen LogP contribution >= 0.6 is 0 Å². The molecule has 0 radical (unpaired) electrons. The highest BCUT2D eigenvalue weighted by molar-refractivity contribution is 5.75. The number of hydrogen-bond donors (Lipinski definition) is 2. The van der Waals surface area contributed by atoms with E-state index >= 15 is 0 Å². The molecule has 2 atom stereocenters. The van der Waals surface area contributed by atoms with Gasteiger partial charge in [0.05, 0.1) is 0 Å². The third kappa shape index (κ3) is 3.48. The first kappa shape index (κ1) is 14.6. The van der Waals surface area contributed by atoms with E-state index < -0.39 is 5.97 Å². The Labute approximate surface area is 125 Å². The number of urea groups is 1. The molecular weight excluding hydrogens is 270 g/mol. The van der Waals surface area contributed by atoms with Crippen molar-refractivity contribution in [2.45, 2.75) is 38.1 Å². The summed E-state index contributed by atoms with van der Waals surface area (Å²) in [6.07, 6.45) is 4.22. The summed E-state index contributed by atoms with van der Waals surface area (Å²) in [6, 6.07) is 0.352. The molecule has 0 aromatic heterocycles. The van der Waals surface area contributed by atoms with Crippen molar-refractivity contribution in [2.75, 3.05) is 32.7 Å². The molecule has 6 nitrogen and oxygen atoms in total. The van der Waals surface area contributed by atoms with Crippen LogP contribution < -0.4 is 5.32 Å². The van der Waals surface area contributed by atoms with Crippen molar-refractivity contribution < 1.29 is 14.7 Å². The Morgan fingerprint density at radius 2 is 1.86 bits per heavy atom. The maximum absolute atomic E-state index is 12.4. The number of carboxylic acids is 1. The van der Waals surface area contributed by atoms with Gasteiger partial charge in [0.25, 0.3) is 0 Å². The Morgan fingerprint density at radius 3 is 2.48 bits per heavy atom. The Bertz CT molecular complexity index is 407. The quantitative estimate of drug-likeness (QED) is 0.811. The Hall–Kier alpha value is -1.30. The first-order valence-corrected chi connectivity index (χ1v) is 8.11. The molecule has 2 amide bonds. The highest BCUT2D eigenvalue weighted by atomic mass is 16.4. The van der Waals surface area contributed by atoms with Crippen LogP contribution in [0.2, 0.25) is 0 Å². The van der Waals surface area contributed by atoms with Crippen molar-refractivity contribution in [3.63, 3.8) is 0 Å². The molecule has 2 bridgehead atoms. The fraction of sp³-hybridized carbons (Fsp3) is 0.867. The van der Waals surface area contributed by atoms with Crippen molar-refractivity contribution in [1.29, 1.82) is 0 Å². The molecule has 118 valence electrons. The Kier molecular flexibility index (Phi) is 4.33. The summed E-state index contributed by atoms with van der Waals surface area (Å²) in [5.74, 6) is 0.243. The zero-order valence-corrected chi connectivity index (χ0v) is 12.5. The van der Waals surface area contributed by atoms with Crippen LogP contribution in [0.25, 0.3) is 0 Å². The standard InChI is InChI=1S/C15H25N3O3/c19-14(20)2-1-11-3-8-18(9-11)15(21)16-13-10-17-6-4-12(13)5-7-17/h11-13H,1-10H2,(H,16,21)(H,19,20). The number of aliphatic carboxylic acids is 1. The monoisotopic (exact) mass is 295 g/mol. The summed E-state index contributed by atoms with van der Waals surface area (Å²) in [6.45, 7) is 4.82. The minimum absolute atomic E-state index is 0.0478. The van der Waals surface area contributed by atoms with E-state index in [9.17, 15) is 9.59 Å². The summed E-state index contributed by atoms with van der Waals surface area (Å²) in [7, 11) is 0. The molecule has 4 aliphatic rings. The summed E-state index contributed by atoms with van der Waals surface area (Å²) < 4.78 is 0. The molecule has 0 saturated carbocycles. The van der Waals surface area contributed by atoms with Gasteiger partial charge in [-0.1, -0.05) is 0 Å². The van der Waals surface area contributed by atoms with Crippen LogP contribution in [0.1, 0.15) is 32.1 Å². The number of carboxylic acid groups (broad SMARTS) is 1. The predicted octanol–water partition coefficient (Wildman–Crippen LogP) is 0.977. The Morgan fingerprint density at radius 1 is 1.10 bits per heavy atom. The van der Waals surface area contributed by atoms with Crippen LogP contribution in [0.5, 0.6) is 0 Å². The number of hydrogen-bond acceptors (Lipinski definition) is 3. The number of piperidine rings is 3. The van der Waals surface area contributed by atoms with Crippen molar-refractivity contribution in [3.8, 4) is 0 Å². The molecular formula is C15H25N3O3. The predicted molar refractivity (Wildman–Crippen MR) is 78.0 cm³/mol. The zero-order chi connectivity index (χ0) is 14.8. The highest BCUT2D eigenvalue weighted by Crippen LogP contribution is 2.28.